The third-order valence-electron chi connectivity index (χ3n) is 2.64. The highest BCUT2D eigenvalue weighted by atomic mass is 79.9. The number of carbonyl (C=O) groups excluding carboxylic acids is 1. The standard InChI is InChI=1S/C14H8BrF3O2/c1-20-12-3-2-7(15)4-9(12)14(19)13-10(17)5-8(16)6-11(13)18/h2-6H,1H3. The SMILES string of the molecule is COc1ccc(Br)cc1C(=O)c1c(F)cc(F)cc1F. The van der Waals surface area contributed by atoms with Gasteiger partial charge in [0.2, 0.25) is 5.78 Å². The molecule has 2 rings (SSSR count). The molecule has 0 saturated heterocycles. The molecule has 0 heterocycles. The fourth-order valence-electron chi connectivity index (χ4n) is 1.75. The Morgan fingerprint density at radius 2 is 1.70 bits per heavy atom. The van der Waals surface area contributed by atoms with E-state index in [4.69, 9.17) is 4.74 Å². The zero-order valence-corrected chi connectivity index (χ0v) is 11.8. The van der Waals surface area contributed by atoms with Crippen molar-refractivity contribution in [2.45, 2.75) is 0 Å². The fourth-order valence-corrected chi connectivity index (χ4v) is 2.11. The van der Waals surface area contributed by atoms with Gasteiger partial charge in [-0.3, -0.25) is 4.79 Å². The van der Waals surface area contributed by atoms with Gasteiger partial charge in [0.1, 0.15) is 23.2 Å². The summed E-state index contributed by atoms with van der Waals surface area (Å²) in [5.41, 5.74) is -0.839. The third kappa shape index (κ3) is 2.70. The van der Waals surface area contributed by atoms with Gasteiger partial charge in [-0.1, -0.05) is 15.9 Å². The van der Waals surface area contributed by atoms with E-state index < -0.39 is 28.8 Å². The summed E-state index contributed by atoms with van der Waals surface area (Å²) in [6.45, 7) is 0. The molecule has 0 bridgehead atoms. The molecule has 2 nitrogen and oxygen atoms in total. The summed E-state index contributed by atoms with van der Waals surface area (Å²) in [5.74, 6) is -4.35. The Morgan fingerprint density at radius 1 is 1.10 bits per heavy atom. The third-order valence-corrected chi connectivity index (χ3v) is 3.13. The number of hydrogen-bond donors (Lipinski definition) is 0. The minimum atomic E-state index is -1.26. The Morgan fingerprint density at radius 3 is 2.25 bits per heavy atom. The average molecular weight is 345 g/mol. The predicted octanol–water partition coefficient (Wildman–Crippen LogP) is 4.11. The summed E-state index contributed by atoms with van der Waals surface area (Å²) in [5, 5.41) is 0. The van der Waals surface area contributed by atoms with E-state index in [2.05, 4.69) is 15.9 Å². The van der Waals surface area contributed by atoms with Crippen LogP contribution in [0.3, 0.4) is 0 Å². The molecule has 0 saturated carbocycles. The van der Waals surface area contributed by atoms with Gasteiger partial charge < -0.3 is 4.74 Å². The van der Waals surface area contributed by atoms with Crippen molar-refractivity contribution in [3.8, 4) is 5.75 Å². The molecule has 0 aliphatic rings. The van der Waals surface area contributed by atoms with Crippen LogP contribution >= 0.6 is 15.9 Å². The predicted molar refractivity (Wildman–Crippen MR) is 70.4 cm³/mol. The molecule has 0 aliphatic carbocycles. The molecule has 0 unspecified atom stereocenters. The Labute approximate surface area is 121 Å². The van der Waals surface area contributed by atoms with Gasteiger partial charge in [0.15, 0.2) is 0 Å². The van der Waals surface area contributed by atoms with Crippen molar-refractivity contribution in [3.63, 3.8) is 0 Å². The summed E-state index contributed by atoms with van der Waals surface area (Å²) in [4.78, 5) is 12.2. The van der Waals surface area contributed by atoms with Crippen LogP contribution in [0.2, 0.25) is 0 Å². The Bertz CT molecular complexity index is 663. The highest BCUT2D eigenvalue weighted by molar-refractivity contribution is 9.10. The average Bonchev–Trinajstić information content (AvgIpc) is 2.37. The molecule has 0 N–H and O–H groups in total. The van der Waals surface area contributed by atoms with Crippen LogP contribution in [0, 0.1) is 17.5 Å². The molecule has 0 spiro atoms. The maximum absolute atomic E-state index is 13.6. The number of halogens is 4. The zero-order chi connectivity index (χ0) is 14.9. The normalized spacial score (nSPS) is 10.4. The maximum atomic E-state index is 13.6. The molecule has 2 aromatic carbocycles. The summed E-state index contributed by atoms with van der Waals surface area (Å²) in [6.07, 6.45) is 0. The lowest BCUT2D eigenvalue weighted by molar-refractivity contribution is 0.102. The van der Waals surface area contributed by atoms with Gasteiger partial charge in [0, 0.05) is 16.6 Å². The van der Waals surface area contributed by atoms with Crippen molar-refractivity contribution in [2.24, 2.45) is 0 Å². The number of hydrogen-bond acceptors (Lipinski definition) is 2. The van der Waals surface area contributed by atoms with Crippen molar-refractivity contribution in [1.82, 2.24) is 0 Å². The lowest BCUT2D eigenvalue weighted by Crippen LogP contribution is -2.10. The molecule has 0 aliphatic heterocycles. The van der Waals surface area contributed by atoms with E-state index in [0.29, 0.717) is 16.6 Å². The summed E-state index contributed by atoms with van der Waals surface area (Å²) < 4.78 is 45.7. The lowest BCUT2D eigenvalue weighted by atomic mass is 10.0. The van der Waals surface area contributed by atoms with Crippen LogP contribution < -0.4 is 4.74 Å². The second-order valence-corrected chi connectivity index (χ2v) is 4.83. The van der Waals surface area contributed by atoms with Crippen LogP contribution in [0.4, 0.5) is 13.2 Å². The molecular formula is C14H8BrF3O2. The summed E-state index contributed by atoms with van der Waals surface area (Å²) >= 11 is 3.16. The first kappa shape index (κ1) is 14.6. The van der Waals surface area contributed by atoms with Gasteiger partial charge in [-0.2, -0.15) is 0 Å². The quantitative estimate of drug-likeness (QED) is 0.783. The smallest absolute Gasteiger partial charge is 0.202 e. The maximum Gasteiger partial charge on any atom is 0.202 e. The first-order valence-electron chi connectivity index (χ1n) is 5.47. The zero-order valence-electron chi connectivity index (χ0n) is 10.2. The molecule has 20 heavy (non-hydrogen) atoms. The molecule has 104 valence electrons. The fraction of sp³-hybridized carbons (Fsp3) is 0.0714. The van der Waals surface area contributed by atoms with Crippen LogP contribution in [-0.4, -0.2) is 12.9 Å². The topological polar surface area (TPSA) is 26.3 Å². The molecule has 0 amide bonds. The van der Waals surface area contributed by atoms with Gasteiger partial charge in [0.05, 0.1) is 18.2 Å². The van der Waals surface area contributed by atoms with E-state index in [1.165, 1.54) is 19.2 Å². The largest absolute Gasteiger partial charge is 0.496 e. The first-order valence-corrected chi connectivity index (χ1v) is 6.26. The number of ether oxygens (including phenoxy) is 1. The second kappa shape index (κ2) is 5.66. The Balaban J connectivity index is 2.60. The monoisotopic (exact) mass is 344 g/mol. The van der Waals surface area contributed by atoms with Crippen molar-refractivity contribution >= 4 is 21.7 Å². The minimum absolute atomic E-state index is 0.0220. The molecule has 0 fully saturated rings. The summed E-state index contributed by atoms with van der Waals surface area (Å²) in [6, 6.07) is 5.40. The van der Waals surface area contributed by atoms with Crippen LogP contribution in [0.15, 0.2) is 34.8 Å². The van der Waals surface area contributed by atoms with Gasteiger partial charge in [0.25, 0.3) is 0 Å². The first-order chi connectivity index (χ1) is 9.43. The van der Waals surface area contributed by atoms with E-state index in [-0.39, 0.29) is 11.3 Å². The van der Waals surface area contributed by atoms with Gasteiger partial charge >= 0.3 is 0 Å². The number of ketones is 1. The van der Waals surface area contributed by atoms with E-state index in [1.807, 2.05) is 0 Å². The molecule has 0 aromatic heterocycles. The second-order valence-electron chi connectivity index (χ2n) is 3.92. The number of methoxy groups -OCH3 is 1. The van der Waals surface area contributed by atoms with Gasteiger partial charge in [-0.15, -0.1) is 0 Å². The van der Waals surface area contributed by atoms with E-state index >= 15 is 0 Å². The van der Waals surface area contributed by atoms with Gasteiger partial charge in [-0.25, -0.2) is 13.2 Å². The minimum Gasteiger partial charge on any atom is -0.496 e. The highest BCUT2D eigenvalue weighted by Crippen LogP contribution is 2.27. The number of rotatable bonds is 3. The molecule has 0 atom stereocenters. The summed E-state index contributed by atoms with van der Waals surface area (Å²) in [7, 11) is 1.33. The molecule has 6 heteroatoms. The van der Waals surface area contributed by atoms with E-state index in [1.54, 1.807) is 6.07 Å². The Kier molecular flexibility index (Phi) is 4.13. The highest BCUT2D eigenvalue weighted by Gasteiger charge is 2.23. The van der Waals surface area contributed by atoms with Crippen molar-refractivity contribution in [1.29, 1.82) is 0 Å². The van der Waals surface area contributed by atoms with Crippen molar-refractivity contribution < 1.29 is 22.7 Å². The van der Waals surface area contributed by atoms with Gasteiger partial charge in [-0.05, 0) is 18.2 Å². The Hall–Kier alpha value is -1.82. The lowest BCUT2D eigenvalue weighted by Gasteiger charge is -2.09. The molecular weight excluding hydrogens is 337 g/mol. The van der Waals surface area contributed by atoms with Crippen LogP contribution in [0.5, 0.6) is 5.75 Å². The van der Waals surface area contributed by atoms with Crippen LogP contribution in [0.1, 0.15) is 15.9 Å². The molecule has 2 aromatic rings. The molecule has 0 radical (unpaired) electrons. The van der Waals surface area contributed by atoms with E-state index in [9.17, 15) is 18.0 Å². The van der Waals surface area contributed by atoms with Crippen molar-refractivity contribution in [3.05, 3.63) is 63.4 Å². The number of carbonyl (C=O) groups is 1. The van der Waals surface area contributed by atoms with Crippen molar-refractivity contribution in [2.75, 3.05) is 7.11 Å². The number of benzene rings is 2. The van der Waals surface area contributed by atoms with E-state index in [0.717, 1.165) is 0 Å². The van der Waals surface area contributed by atoms with Crippen LogP contribution in [0.25, 0.3) is 0 Å². The van der Waals surface area contributed by atoms with Crippen LogP contribution in [-0.2, 0) is 0 Å².